The summed E-state index contributed by atoms with van der Waals surface area (Å²) in [5.41, 5.74) is 3.77. The molecule has 1 amide bonds. The van der Waals surface area contributed by atoms with Crippen LogP contribution in [0.3, 0.4) is 0 Å². The molecule has 0 radical (unpaired) electrons. The van der Waals surface area contributed by atoms with Gasteiger partial charge in [0.2, 0.25) is 0 Å². The number of aromatic nitrogens is 1. The van der Waals surface area contributed by atoms with Crippen molar-refractivity contribution in [3.05, 3.63) is 64.2 Å². The van der Waals surface area contributed by atoms with E-state index in [1.165, 1.54) is 5.56 Å². The fourth-order valence-electron chi connectivity index (χ4n) is 2.60. The Kier molecular flexibility index (Phi) is 3.71. The van der Waals surface area contributed by atoms with Crippen molar-refractivity contribution in [1.82, 2.24) is 10.5 Å². The minimum absolute atomic E-state index is 0.194. The zero-order valence-corrected chi connectivity index (χ0v) is 13.3. The van der Waals surface area contributed by atoms with E-state index in [9.17, 15) is 4.79 Å². The molecule has 2 aromatic heterocycles. The van der Waals surface area contributed by atoms with Crippen LogP contribution in [-0.4, -0.2) is 11.1 Å². The van der Waals surface area contributed by atoms with E-state index >= 15 is 0 Å². The minimum atomic E-state index is -0.194. The number of hydrogen-bond acceptors (Lipinski definition) is 4. The van der Waals surface area contributed by atoms with Crippen LogP contribution in [0, 0.1) is 0 Å². The summed E-state index contributed by atoms with van der Waals surface area (Å²) < 4.78 is 5.23. The van der Waals surface area contributed by atoms with E-state index in [4.69, 9.17) is 4.52 Å². The Bertz CT molecular complexity index is 819. The quantitative estimate of drug-likeness (QED) is 0.765. The molecule has 4 nitrogen and oxygen atoms in total. The number of benzene rings is 1. The van der Waals surface area contributed by atoms with E-state index in [0.717, 1.165) is 29.7 Å². The van der Waals surface area contributed by atoms with Crippen molar-refractivity contribution in [1.29, 1.82) is 0 Å². The number of carbonyl (C=O) groups is 1. The van der Waals surface area contributed by atoms with Gasteiger partial charge in [0.15, 0.2) is 5.69 Å². The van der Waals surface area contributed by atoms with Gasteiger partial charge in [-0.15, -0.1) is 0 Å². The first-order chi connectivity index (χ1) is 11.3. The van der Waals surface area contributed by atoms with Crippen LogP contribution >= 0.6 is 11.3 Å². The summed E-state index contributed by atoms with van der Waals surface area (Å²) in [6, 6.07) is 12.0. The van der Waals surface area contributed by atoms with Gasteiger partial charge in [0.05, 0.1) is 0 Å². The summed E-state index contributed by atoms with van der Waals surface area (Å²) in [5, 5.41) is 11.0. The van der Waals surface area contributed by atoms with Gasteiger partial charge in [-0.25, -0.2) is 0 Å². The van der Waals surface area contributed by atoms with Crippen LogP contribution in [0.5, 0.6) is 0 Å². The molecule has 0 saturated heterocycles. The Morgan fingerprint density at radius 3 is 2.96 bits per heavy atom. The molecule has 1 aliphatic carbocycles. The maximum absolute atomic E-state index is 12.2. The molecule has 1 aliphatic rings. The molecule has 23 heavy (non-hydrogen) atoms. The molecule has 0 aliphatic heterocycles. The molecule has 1 fully saturated rings. The molecule has 0 spiro atoms. The highest BCUT2D eigenvalue weighted by Crippen LogP contribution is 2.40. The number of amides is 1. The largest absolute Gasteiger partial charge is 0.360 e. The summed E-state index contributed by atoms with van der Waals surface area (Å²) in [6.07, 6.45) is 2.26. The maximum Gasteiger partial charge on any atom is 0.273 e. The van der Waals surface area contributed by atoms with Gasteiger partial charge in [-0.2, -0.15) is 11.3 Å². The molecule has 3 aromatic rings. The lowest BCUT2D eigenvalue weighted by molar-refractivity contribution is 0.0942. The average Bonchev–Trinajstić information content (AvgIpc) is 3.10. The van der Waals surface area contributed by atoms with Gasteiger partial charge in [0.1, 0.15) is 5.76 Å². The smallest absolute Gasteiger partial charge is 0.273 e. The standard InChI is InChI=1S/C18H16N2O2S/c21-18(16-9-17(22-20-16)12-5-6-12)19-10-13-3-1-2-4-15(13)14-7-8-23-11-14/h1-4,7-9,11-12H,5-6,10H2,(H,19,21). The Morgan fingerprint density at radius 2 is 2.17 bits per heavy atom. The second-order valence-corrected chi connectivity index (χ2v) is 6.52. The first-order valence-electron chi connectivity index (χ1n) is 7.66. The zero-order chi connectivity index (χ0) is 15.6. The number of nitrogens with one attached hydrogen (secondary N) is 1. The van der Waals surface area contributed by atoms with Gasteiger partial charge >= 0.3 is 0 Å². The zero-order valence-electron chi connectivity index (χ0n) is 12.5. The third-order valence-electron chi connectivity index (χ3n) is 4.03. The first-order valence-corrected chi connectivity index (χ1v) is 8.61. The number of carbonyl (C=O) groups excluding carboxylic acids is 1. The Balaban J connectivity index is 1.47. The van der Waals surface area contributed by atoms with Crippen molar-refractivity contribution in [3.63, 3.8) is 0 Å². The fraction of sp³-hybridized carbons (Fsp3) is 0.222. The predicted molar refractivity (Wildman–Crippen MR) is 89.4 cm³/mol. The van der Waals surface area contributed by atoms with Gasteiger partial charge in [0, 0.05) is 18.5 Å². The predicted octanol–water partition coefficient (Wildman–Crippen LogP) is 4.21. The summed E-state index contributed by atoms with van der Waals surface area (Å²) >= 11 is 1.67. The molecule has 0 atom stereocenters. The maximum atomic E-state index is 12.2. The minimum Gasteiger partial charge on any atom is -0.360 e. The van der Waals surface area contributed by atoms with Crippen molar-refractivity contribution < 1.29 is 9.32 Å². The van der Waals surface area contributed by atoms with Crippen LogP contribution < -0.4 is 5.32 Å². The Hall–Kier alpha value is -2.40. The highest BCUT2D eigenvalue weighted by atomic mass is 32.1. The van der Waals surface area contributed by atoms with Gasteiger partial charge in [-0.3, -0.25) is 4.79 Å². The molecule has 0 bridgehead atoms. The highest BCUT2D eigenvalue weighted by molar-refractivity contribution is 7.08. The van der Waals surface area contributed by atoms with Crippen LogP contribution in [-0.2, 0) is 6.54 Å². The third-order valence-corrected chi connectivity index (χ3v) is 4.71. The summed E-state index contributed by atoms with van der Waals surface area (Å²) in [4.78, 5) is 12.2. The van der Waals surface area contributed by atoms with Gasteiger partial charge in [-0.05, 0) is 46.4 Å². The lowest BCUT2D eigenvalue weighted by atomic mass is 10.0. The number of rotatable bonds is 5. The fourth-order valence-corrected chi connectivity index (χ4v) is 3.25. The second-order valence-electron chi connectivity index (χ2n) is 5.74. The van der Waals surface area contributed by atoms with Crippen molar-refractivity contribution in [2.45, 2.75) is 25.3 Å². The topological polar surface area (TPSA) is 55.1 Å². The van der Waals surface area contributed by atoms with Crippen LogP contribution in [0.15, 0.2) is 51.7 Å². The SMILES string of the molecule is O=C(NCc1ccccc1-c1ccsc1)c1cc(C2CC2)on1. The molecule has 4 rings (SSSR count). The molecule has 1 saturated carbocycles. The Labute approximate surface area is 138 Å². The van der Waals surface area contributed by atoms with Crippen LogP contribution in [0.2, 0.25) is 0 Å². The van der Waals surface area contributed by atoms with Crippen LogP contribution in [0.25, 0.3) is 11.1 Å². The number of nitrogens with zero attached hydrogens (tertiary/aromatic N) is 1. The molecule has 2 heterocycles. The van der Waals surface area contributed by atoms with E-state index in [1.807, 2.05) is 18.2 Å². The second kappa shape index (κ2) is 6.01. The first kappa shape index (κ1) is 14.2. The van der Waals surface area contributed by atoms with E-state index in [1.54, 1.807) is 17.4 Å². The van der Waals surface area contributed by atoms with Crippen molar-refractivity contribution in [2.24, 2.45) is 0 Å². The van der Waals surface area contributed by atoms with E-state index in [-0.39, 0.29) is 5.91 Å². The van der Waals surface area contributed by atoms with Crippen molar-refractivity contribution >= 4 is 17.2 Å². The summed E-state index contributed by atoms with van der Waals surface area (Å²) in [6.45, 7) is 0.469. The molecular weight excluding hydrogens is 308 g/mol. The van der Waals surface area contributed by atoms with Crippen molar-refractivity contribution in [3.8, 4) is 11.1 Å². The normalized spacial score (nSPS) is 13.9. The summed E-state index contributed by atoms with van der Waals surface area (Å²) in [5.74, 6) is 1.10. The lowest BCUT2D eigenvalue weighted by Gasteiger charge is -2.08. The van der Waals surface area contributed by atoms with Gasteiger partial charge in [0.25, 0.3) is 5.91 Å². The van der Waals surface area contributed by atoms with Crippen LogP contribution in [0.1, 0.15) is 40.6 Å². The molecule has 116 valence electrons. The molecule has 0 unspecified atom stereocenters. The summed E-state index contributed by atoms with van der Waals surface area (Å²) in [7, 11) is 0. The Morgan fingerprint density at radius 1 is 1.30 bits per heavy atom. The van der Waals surface area contributed by atoms with Gasteiger partial charge in [-0.1, -0.05) is 29.4 Å². The van der Waals surface area contributed by atoms with Gasteiger partial charge < -0.3 is 9.84 Å². The van der Waals surface area contributed by atoms with Crippen LogP contribution in [0.4, 0.5) is 0 Å². The number of thiophene rings is 1. The molecular formula is C18H16N2O2S. The average molecular weight is 324 g/mol. The highest BCUT2D eigenvalue weighted by Gasteiger charge is 2.28. The third kappa shape index (κ3) is 3.05. The van der Waals surface area contributed by atoms with Crippen molar-refractivity contribution in [2.75, 3.05) is 0 Å². The number of hydrogen-bond donors (Lipinski definition) is 1. The molecule has 5 heteroatoms. The molecule has 1 N–H and O–H groups in total. The lowest BCUT2D eigenvalue weighted by Crippen LogP contribution is -2.23. The monoisotopic (exact) mass is 324 g/mol. The van der Waals surface area contributed by atoms with E-state index < -0.39 is 0 Å². The van der Waals surface area contributed by atoms with E-state index in [0.29, 0.717) is 18.2 Å². The molecule has 1 aromatic carbocycles. The van der Waals surface area contributed by atoms with E-state index in [2.05, 4.69) is 33.4 Å².